The van der Waals surface area contributed by atoms with Crippen molar-refractivity contribution in [3.05, 3.63) is 28.8 Å². The van der Waals surface area contributed by atoms with Gasteiger partial charge in [-0.25, -0.2) is 0 Å². The fraction of sp³-hybridized carbons (Fsp3) is 0.300. The third-order valence-corrected chi connectivity index (χ3v) is 2.55. The Morgan fingerprint density at radius 3 is 2.69 bits per heavy atom. The summed E-state index contributed by atoms with van der Waals surface area (Å²) in [5, 5.41) is 0.417. The number of carbonyl (C=O) groups excluding carboxylic acids is 1. The Morgan fingerprint density at radius 2 is 2.06 bits per heavy atom. The Bertz CT molecular complexity index is 444. The number of amides is 1. The number of nitrogens with zero attached hydrogens (tertiary/aromatic N) is 1. The second-order valence-corrected chi connectivity index (χ2v) is 3.98. The van der Waals surface area contributed by atoms with Crippen LogP contribution in [0.1, 0.15) is 5.56 Å². The van der Waals surface area contributed by atoms with Crippen LogP contribution >= 0.6 is 11.6 Å². The molecule has 0 atom stereocenters. The fourth-order valence-corrected chi connectivity index (χ4v) is 1.90. The van der Waals surface area contributed by atoms with Crippen LogP contribution in [-0.4, -0.2) is 18.6 Å². The lowest BCUT2D eigenvalue weighted by molar-refractivity contribution is -0.131. The molecule has 0 saturated carbocycles. The van der Waals surface area contributed by atoms with E-state index in [1.54, 1.807) is 0 Å². The Morgan fingerprint density at radius 1 is 1.38 bits per heavy atom. The number of anilines is 1. The zero-order valence-electron chi connectivity index (χ0n) is 8.01. The normalized spacial score (nSPS) is 15.5. The Labute approximate surface area is 94.6 Å². The van der Waals surface area contributed by atoms with Crippen LogP contribution in [0.3, 0.4) is 0 Å². The molecule has 6 heteroatoms. The van der Waals surface area contributed by atoms with E-state index in [0.717, 1.165) is 4.90 Å². The Balaban J connectivity index is 2.33. The van der Waals surface area contributed by atoms with Gasteiger partial charge in [-0.1, -0.05) is 11.6 Å². The monoisotopic (exact) mass is 249 g/mol. The van der Waals surface area contributed by atoms with E-state index in [-0.39, 0.29) is 6.42 Å². The molecular formula is C10H7ClF3NO. The molecule has 16 heavy (non-hydrogen) atoms. The zero-order chi connectivity index (χ0) is 11.9. The highest BCUT2D eigenvalue weighted by Crippen LogP contribution is 2.33. The second kappa shape index (κ2) is 3.66. The molecule has 86 valence electrons. The minimum absolute atomic E-state index is 0.0219. The van der Waals surface area contributed by atoms with Crippen LogP contribution in [0.5, 0.6) is 0 Å². The molecule has 0 aromatic heterocycles. The summed E-state index contributed by atoms with van der Waals surface area (Å²) in [6.07, 6.45) is -4.41. The van der Waals surface area contributed by atoms with Crippen molar-refractivity contribution in [2.45, 2.75) is 12.6 Å². The van der Waals surface area contributed by atoms with Crippen LogP contribution in [0, 0.1) is 0 Å². The maximum atomic E-state index is 12.2. The lowest BCUT2D eigenvalue weighted by Crippen LogP contribution is -2.36. The summed E-state index contributed by atoms with van der Waals surface area (Å²) in [6.45, 7) is -1.25. The van der Waals surface area contributed by atoms with Crippen molar-refractivity contribution in [1.29, 1.82) is 0 Å². The van der Waals surface area contributed by atoms with Crippen LogP contribution < -0.4 is 4.90 Å². The quantitative estimate of drug-likeness (QED) is 0.749. The van der Waals surface area contributed by atoms with E-state index in [1.807, 2.05) is 0 Å². The average Bonchev–Trinajstić information content (AvgIpc) is 2.40. The third-order valence-electron chi connectivity index (χ3n) is 2.31. The van der Waals surface area contributed by atoms with Crippen molar-refractivity contribution in [1.82, 2.24) is 0 Å². The van der Waals surface area contributed by atoms with Gasteiger partial charge in [0.1, 0.15) is 6.54 Å². The minimum atomic E-state index is -4.39. The first-order valence-electron chi connectivity index (χ1n) is 4.52. The van der Waals surface area contributed by atoms with E-state index in [1.165, 1.54) is 18.2 Å². The van der Waals surface area contributed by atoms with E-state index < -0.39 is 18.6 Å². The minimum Gasteiger partial charge on any atom is -0.303 e. The summed E-state index contributed by atoms with van der Waals surface area (Å²) in [7, 11) is 0. The average molecular weight is 250 g/mol. The van der Waals surface area contributed by atoms with Gasteiger partial charge in [-0.3, -0.25) is 4.79 Å². The van der Waals surface area contributed by atoms with Crippen molar-refractivity contribution >= 4 is 23.2 Å². The molecule has 1 aromatic carbocycles. The van der Waals surface area contributed by atoms with Gasteiger partial charge in [0.2, 0.25) is 5.91 Å². The van der Waals surface area contributed by atoms with Crippen LogP contribution in [0.15, 0.2) is 18.2 Å². The van der Waals surface area contributed by atoms with Gasteiger partial charge in [-0.05, 0) is 23.8 Å². The molecule has 1 amide bonds. The second-order valence-electron chi connectivity index (χ2n) is 3.54. The molecule has 0 aliphatic carbocycles. The molecule has 0 unspecified atom stereocenters. The molecule has 1 heterocycles. The van der Waals surface area contributed by atoms with Crippen molar-refractivity contribution < 1.29 is 18.0 Å². The number of carbonyl (C=O) groups is 1. The molecule has 1 aliphatic heterocycles. The number of fused-ring (bicyclic) bond motifs is 1. The number of halogens is 4. The van der Waals surface area contributed by atoms with Gasteiger partial charge >= 0.3 is 6.18 Å². The maximum Gasteiger partial charge on any atom is 0.406 e. The molecule has 0 spiro atoms. The fourth-order valence-electron chi connectivity index (χ4n) is 1.70. The van der Waals surface area contributed by atoms with E-state index in [9.17, 15) is 18.0 Å². The first kappa shape index (κ1) is 11.3. The largest absolute Gasteiger partial charge is 0.406 e. The topological polar surface area (TPSA) is 20.3 Å². The van der Waals surface area contributed by atoms with Crippen molar-refractivity contribution in [3.63, 3.8) is 0 Å². The third kappa shape index (κ3) is 2.14. The smallest absolute Gasteiger partial charge is 0.303 e. The molecular weight excluding hydrogens is 243 g/mol. The molecule has 1 aromatic rings. The van der Waals surface area contributed by atoms with E-state index in [4.69, 9.17) is 11.6 Å². The highest BCUT2D eigenvalue weighted by atomic mass is 35.5. The molecule has 0 radical (unpaired) electrons. The van der Waals surface area contributed by atoms with Crippen LogP contribution in [0.4, 0.5) is 18.9 Å². The highest BCUT2D eigenvalue weighted by molar-refractivity contribution is 6.30. The summed E-state index contributed by atoms with van der Waals surface area (Å²) in [5.41, 5.74) is 0.841. The summed E-state index contributed by atoms with van der Waals surface area (Å²) < 4.78 is 36.7. The van der Waals surface area contributed by atoms with Crippen LogP contribution in [0.25, 0.3) is 0 Å². The molecule has 0 saturated heterocycles. The van der Waals surface area contributed by atoms with Crippen LogP contribution in [-0.2, 0) is 11.2 Å². The predicted octanol–water partition coefficient (Wildman–Crippen LogP) is 2.79. The van der Waals surface area contributed by atoms with Crippen molar-refractivity contribution in [2.24, 2.45) is 0 Å². The molecule has 0 fully saturated rings. The lowest BCUT2D eigenvalue weighted by Gasteiger charge is -2.19. The highest BCUT2D eigenvalue weighted by Gasteiger charge is 2.37. The van der Waals surface area contributed by atoms with Gasteiger partial charge < -0.3 is 4.90 Å². The van der Waals surface area contributed by atoms with Crippen molar-refractivity contribution in [3.8, 4) is 0 Å². The molecule has 0 bridgehead atoms. The SMILES string of the molecule is O=C1Cc2cc(Cl)ccc2N1CC(F)(F)F. The summed E-state index contributed by atoms with van der Waals surface area (Å²) in [5.74, 6) is -0.547. The van der Waals surface area contributed by atoms with Gasteiger partial charge in [0.05, 0.1) is 6.42 Å². The number of alkyl halides is 3. The Kier molecular flexibility index (Phi) is 2.58. The summed E-state index contributed by atoms with van der Waals surface area (Å²) in [6, 6.07) is 4.43. The molecule has 2 nitrogen and oxygen atoms in total. The maximum absolute atomic E-state index is 12.2. The van der Waals surface area contributed by atoms with Crippen molar-refractivity contribution in [2.75, 3.05) is 11.4 Å². The molecule has 1 aliphatic rings. The first-order valence-corrected chi connectivity index (χ1v) is 4.90. The van der Waals surface area contributed by atoms with Gasteiger partial charge in [0.25, 0.3) is 0 Å². The Hall–Kier alpha value is -1.23. The molecule has 2 rings (SSSR count). The van der Waals surface area contributed by atoms with Gasteiger partial charge in [-0.15, -0.1) is 0 Å². The summed E-state index contributed by atoms with van der Waals surface area (Å²) in [4.78, 5) is 12.1. The van der Waals surface area contributed by atoms with Crippen LogP contribution in [0.2, 0.25) is 5.02 Å². The van der Waals surface area contributed by atoms with Gasteiger partial charge in [0.15, 0.2) is 0 Å². The van der Waals surface area contributed by atoms with Gasteiger partial charge in [-0.2, -0.15) is 13.2 Å². The first-order chi connectivity index (χ1) is 7.37. The van der Waals surface area contributed by atoms with E-state index >= 15 is 0 Å². The lowest BCUT2D eigenvalue weighted by atomic mass is 10.2. The number of hydrogen-bond acceptors (Lipinski definition) is 1. The number of rotatable bonds is 1. The predicted molar refractivity (Wildman–Crippen MR) is 53.6 cm³/mol. The van der Waals surface area contributed by atoms with E-state index in [0.29, 0.717) is 16.3 Å². The molecule has 0 N–H and O–H groups in total. The zero-order valence-corrected chi connectivity index (χ0v) is 8.77. The number of hydrogen-bond donors (Lipinski definition) is 0. The van der Waals surface area contributed by atoms with Gasteiger partial charge in [0, 0.05) is 10.7 Å². The summed E-state index contributed by atoms with van der Waals surface area (Å²) >= 11 is 5.70. The van der Waals surface area contributed by atoms with E-state index in [2.05, 4.69) is 0 Å². The standard InChI is InChI=1S/C10H7ClF3NO/c11-7-1-2-8-6(3-7)4-9(16)15(8)5-10(12,13)14/h1-3H,4-5H2. The number of benzene rings is 1.